The van der Waals surface area contributed by atoms with Crippen LogP contribution in [-0.4, -0.2) is 57.9 Å². The number of likely N-dealkylation sites (N-methyl/N-ethyl adjacent to an activating group) is 1. The van der Waals surface area contributed by atoms with Crippen LogP contribution in [-0.2, 0) is 0 Å². The molecule has 29 heavy (non-hydrogen) atoms. The third kappa shape index (κ3) is 4.78. The van der Waals surface area contributed by atoms with Crippen LogP contribution in [0.2, 0.25) is 0 Å². The molecular weight excluding hydrogens is 368 g/mol. The van der Waals surface area contributed by atoms with Crippen molar-refractivity contribution >= 4 is 11.5 Å². The van der Waals surface area contributed by atoms with E-state index in [4.69, 9.17) is 5.26 Å². The molecule has 0 spiro atoms. The summed E-state index contributed by atoms with van der Waals surface area (Å²) in [5, 5.41) is 26.7. The van der Waals surface area contributed by atoms with Gasteiger partial charge in [0.05, 0.1) is 23.4 Å². The third-order valence-corrected chi connectivity index (χ3v) is 4.37. The van der Waals surface area contributed by atoms with Gasteiger partial charge in [0.1, 0.15) is 0 Å². The maximum absolute atomic E-state index is 12.2. The first kappa shape index (κ1) is 20.0. The number of allylic oxidation sites excluding steroid dienone is 6. The zero-order chi connectivity index (χ0) is 20.8. The minimum Gasteiger partial charge on any atom is -0.493 e. The number of pyridine rings is 1. The number of amides is 1. The fourth-order valence-corrected chi connectivity index (χ4v) is 2.77. The third-order valence-electron chi connectivity index (χ3n) is 4.37. The second kappa shape index (κ2) is 8.99. The highest BCUT2D eigenvalue weighted by Crippen LogP contribution is 2.29. The van der Waals surface area contributed by atoms with Crippen LogP contribution in [0.25, 0.3) is 11.4 Å². The van der Waals surface area contributed by atoms with Crippen molar-refractivity contribution in [3.8, 4) is 17.8 Å². The Hall–Kier alpha value is -3.70. The van der Waals surface area contributed by atoms with E-state index in [1.54, 1.807) is 30.5 Å². The second-order valence-electron chi connectivity index (χ2n) is 6.76. The minimum absolute atomic E-state index is 0.0583. The lowest BCUT2D eigenvalue weighted by atomic mass is 10.1. The maximum atomic E-state index is 12.2. The van der Waals surface area contributed by atoms with E-state index in [1.807, 2.05) is 31.1 Å². The van der Waals surface area contributed by atoms with Gasteiger partial charge in [0.25, 0.3) is 5.91 Å². The zero-order valence-corrected chi connectivity index (χ0v) is 16.3. The molecule has 2 aromatic rings. The summed E-state index contributed by atoms with van der Waals surface area (Å²) in [5.74, 6) is 0.135. The molecule has 2 aromatic heterocycles. The first-order valence-electron chi connectivity index (χ1n) is 9.15. The molecule has 2 N–H and O–H groups in total. The van der Waals surface area contributed by atoms with Gasteiger partial charge in [-0.2, -0.15) is 15.0 Å². The first-order valence-corrected chi connectivity index (χ1v) is 9.15. The number of nitrogens with one attached hydrogen (secondary N) is 1. The van der Waals surface area contributed by atoms with E-state index in [0.29, 0.717) is 35.5 Å². The smallest absolute Gasteiger partial charge is 0.252 e. The summed E-state index contributed by atoms with van der Waals surface area (Å²) >= 11 is 0. The van der Waals surface area contributed by atoms with Crippen molar-refractivity contribution in [3.05, 3.63) is 65.5 Å². The Morgan fingerprint density at radius 2 is 2.14 bits per heavy atom. The summed E-state index contributed by atoms with van der Waals surface area (Å²) in [6.07, 6.45) is 10.8. The fourth-order valence-electron chi connectivity index (χ4n) is 2.77. The molecule has 0 radical (unpaired) electrons. The van der Waals surface area contributed by atoms with Gasteiger partial charge in [-0.3, -0.25) is 4.79 Å². The molecule has 0 aromatic carbocycles. The van der Waals surface area contributed by atoms with Crippen molar-refractivity contribution < 1.29 is 9.90 Å². The average molecular weight is 390 g/mol. The van der Waals surface area contributed by atoms with Crippen LogP contribution >= 0.6 is 0 Å². The highest BCUT2D eigenvalue weighted by Gasteiger charge is 2.15. The average Bonchev–Trinajstić information content (AvgIpc) is 2.94. The molecule has 0 saturated carbocycles. The lowest BCUT2D eigenvalue weighted by molar-refractivity contribution is 0.0950. The highest BCUT2D eigenvalue weighted by molar-refractivity contribution is 5.93. The number of hydrogen-bond donors (Lipinski definition) is 2. The molecule has 8 heteroatoms. The minimum atomic E-state index is -0.203. The molecule has 0 atom stereocenters. The van der Waals surface area contributed by atoms with Crippen LogP contribution < -0.4 is 5.32 Å². The van der Waals surface area contributed by atoms with Crippen LogP contribution in [0, 0.1) is 11.3 Å². The van der Waals surface area contributed by atoms with E-state index in [1.165, 1.54) is 10.9 Å². The van der Waals surface area contributed by atoms with Crippen LogP contribution in [0.1, 0.15) is 22.3 Å². The van der Waals surface area contributed by atoms with Gasteiger partial charge >= 0.3 is 0 Å². The van der Waals surface area contributed by atoms with Crippen LogP contribution in [0.4, 0.5) is 0 Å². The number of nitrogens with zero attached hydrogens (tertiary/aromatic N) is 5. The van der Waals surface area contributed by atoms with Crippen LogP contribution in [0.3, 0.4) is 0 Å². The van der Waals surface area contributed by atoms with E-state index < -0.39 is 0 Å². The predicted molar refractivity (Wildman–Crippen MR) is 109 cm³/mol. The fraction of sp³-hybridized carbons (Fsp3) is 0.238. The Morgan fingerprint density at radius 3 is 2.83 bits per heavy atom. The van der Waals surface area contributed by atoms with Crippen molar-refractivity contribution in [2.24, 2.45) is 0 Å². The Labute approximate surface area is 169 Å². The number of nitriles is 1. The topological polar surface area (TPSA) is 107 Å². The summed E-state index contributed by atoms with van der Waals surface area (Å²) in [5.41, 5.74) is 2.32. The van der Waals surface area contributed by atoms with E-state index >= 15 is 0 Å². The number of rotatable bonds is 6. The SMILES string of the molecule is CN(C)CCNC(=O)c1ccc(-n2ncc(C3=CCC=C(C#N)C=C3)c2O)nc1. The van der Waals surface area contributed by atoms with E-state index in [2.05, 4.69) is 21.5 Å². The molecule has 3 rings (SSSR count). The molecule has 1 amide bonds. The van der Waals surface area contributed by atoms with Gasteiger partial charge in [-0.15, -0.1) is 0 Å². The molecule has 8 nitrogen and oxygen atoms in total. The molecule has 0 fully saturated rings. The lowest BCUT2D eigenvalue weighted by Crippen LogP contribution is -2.31. The summed E-state index contributed by atoms with van der Waals surface area (Å²) < 4.78 is 1.31. The van der Waals surface area contributed by atoms with Gasteiger partial charge in [-0.05, 0) is 44.3 Å². The largest absolute Gasteiger partial charge is 0.493 e. The van der Waals surface area contributed by atoms with Gasteiger partial charge in [-0.1, -0.05) is 18.2 Å². The molecule has 0 aliphatic heterocycles. The molecule has 1 aliphatic rings. The quantitative estimate of drug-likeness (QED) is 0.782. The van der Waals surface area contributed by atoms with Gasteiger partial charge in [-0.25, -0.2) is 4.98 Å². The van der Waals surface area contributed by atoms with Crippen molar-refractivity contribution in [2.75, 3.05) is 27.2 Å². The first-order chi connectivity index (χ1) is 14.0. The van der Waals surface area contributed by atoms with Crippen molar-refractivity contribution in [1.82, 2.24) is 25.0 Å². The van der Waals surface area contributed by atoms with Crippen molar-refractivity contribution in [2.45, 2.75) is 6.42 Å². The standard InChI is InChI=1S/C21H22N6O2/c1-26(2)11-10-23-20(28)17-8-9-19(24-13-17)27-21(29)18(14-25-27)16-5-3-4-15(12-22)6-7-16/h4-9,13-14,29H,3,10-11H2,1-2H3,(H,23,28). The Balaban J connectivity index is 1.75. The number of carbonyl (C=O) groups is 1. The molecule has 0 unspecified atom stereocenters. The summed E-state index contributed by atoms with van der Waals surface area (Å²) in [7, 11) is 3.88. The molecule has 148 valence electrons. The van der Waals surface area contributed by atoms with Gasteiger partial charge < -0.3 is 15.3 Å². The molecule has 1 aliphatic carbocycles. The number of aromatic hydroxyl groups is 1. The number of aromatic nitrogens is 3. The lowest BCUT2D eigenvalue weighted by Gasteiger charge is -2.10. The van der Waals surface area contributed by atoms with Crippen molar-refractivity contribution in [3.63, 3.8) is 0 Å². The maximum Gasteiger partial charge on any atom is 0.252 e. The second-order valence-corrected chi connectivity index (χ2v) is 6.76. The molecule has 2 heterocycles. The summed E-state index contributed by atoms with van der Waals surface area (Å²) in [4.78, 5) is 18.4. The normalized spacial score (nSPS) is 13.4. The Kier molecular flexibility index (Phi) is 6.22. The number of carbonyl (C=O) groups excluding carboxylic acids is 1. The van der Waals surface area contributed by atoms with E-state index in [9.17, 15) is 9.90 Å². The zero-order valence-electron chi connectivity index (χ0n) is 16.3. The monoisotopic (exact) mass is 390 g/mol. The van der Waals surface area contributed by atoms with Crippen LogP contribution in [0.15, 0.2) is 54.4 Å². The van der Waals surface area contributed by atoms with Crippen LogP contribution in [0.5, 0.6) is 5.88 Å². The van der Waals surface area contributed by atoms with Gasteiger partial charge in [0.15, 0.2) is 5.82 Å². The predicted octanol–water partition coefficient (Wildman–Crippen LogP) is 2.06. The Bertz CT molecular complexity index is 1020. The Morgan fingerprint density at radius 1 is 1.31 bits per heavy atom. The van der Waals surface area contributed by atoms with E-state index in [0.717, 1.165) is 12.1 Å². The summed E-state index contributed by atoms with van der Waals surface area (Å²) in [6.45, 7) is 1.29. The summed E-state index contributed by atoms with van der Waals surface area (Å²) in [6, 6.07) is 5.38. The molecule has 0 bridgehead atoms. The highest BCUT2D eigenvalue weighted by atomic mass is 16.3. The number of hydrogen-bond acceptors (Lipinski definition) is 6. The van der Waals surface area contributed by atoms with E-state index in [-0.39, 0.29) is 11.8 Å². The van der Waals surface area contributed by atoms with Gasteiger partial charge in [0, 0.05) is 24.9 Å². The molecule has 0 saturated heterocycles. The molecular formula is C21H22N6O2. The van der Waals surface area contributed by atoms with Gasteiger partial charge in [0.2, 0.25) is 5.88 Å². The van der Waals surface area contributed by atoms with Crippen molar-refractivity contribution in [1.29, 1.82) is 5.26 Å².